The lowest BCUT2D eigenvalue weighted by Gasteiger charge is -2.17. The van der Waals surface area contributed by atoms with Gasteiger partial charge in [0.2, 0.25) is 0 Å². The molecule has 0 bridgehead atoms. The lowest BCUT2D eigenvalue weighted by atomic mass is 9.92. The zero-order valence-electron chi connectivity index (χ0n) is 16.7. The Morgan fingerprint density at radius 1 is 0.897 bits per heavy atom. The standard InChI is InChI=1S/C24H24O5/c1-15-18-12-19(25)22(28-14-16-7-5-4-6-8-16)13-21(18)29-24(15)17-9-10-20(26-2)23(11-17)27-3/h4-13,15,24-25H,14H2,1-3H3/t15?,24-/m1/s1. The van der Waals surface area contributed by atoms with Crippen molar-refractivity contribution in [1.82, 2.24) is 0 Å². The van der Waals surface area contributed by atoms with Gasteiger partial charge in [-0.25, -0.2) is 0 Å². The molecule has 4 rings (SSSR count). The van der Waals surface area contributed by atoms with Crippen molar-refractivity contribution in [3.05, 3.63) is 77.4 Å². The Hall–Kier alpha value is -3.34. The van der Waals surface area contributed by atoms with E-state index in [-0.39, 0.29) is 17.8 Å². The molecular weight excluding hydrogens is 368 g/mol. The molecule has 3 aromatic carbocycles. The van der Waals surface area contributed by atoms with Gasteiger partial charge in [0.25, 0.3) is 0 Å². The molecule has 5 nitrogen and oxygen atoms in total. The summed E-state index contributed by atoms with van der Waals surface area (Å²) in [5, 5.41) is 10.5. The molecule has 29 heavy (non-hydrogen) atoms. The van der Waals surface area contributed by atoms with Crippen molar-refractivity contribution in [2.24, 2.45) is 0 Å². The number of fused-ring (bicyclic) bond motifs is 1. The zero-order chi connectivity index (χ0) is 20.4. The second-order valence-electron chi connectivity index (χ2n) is 7.07. The monoisotopic (exact) mass is 392 g/mol. The van der Waals surface area contributed by atoms with Crippen LogP contribution < -0.4 is 18.9 Å². The molecular formula is C24H24O5. The first-order chi connectivity index (χ1) is 14.1. The summed E-state index contributed by atoms with van der Waals surface area (Å²) in [6.07, 6.45) is -0.187. The Bertz CT molecular complexity index is 1000. The minimum Gasteiger partial charge on any atom is -0.504 e. The molecule has 1 heterocycles. The third-order valence-electron chi connectivity index (χ3n) is 5.26. The number of methoxy groups -OCH3 is 2. The van der Waals surface area contributed by atoms with E-state index in [4.69, 9.17) is 18.9 Å². The predicted octanol–water partition coefficient (Wildman–Crippen LogP) is 5.23. The molecule has 0 aliphatic carbocycles. The molecule has 0 saturated carbocycles. The third-order valence-corrected chi connectivity index (χ3v) is 5.26. The maximum Gasteiger partial charge on any atom is 0.165 e. The van der Waals surface area contributed by atoms with Gasteiger partial charge in [-0.15, -0.1) is 0 Å². The molecule has 2 atom stereocenters. The average Bonchev–Trinajstić information content (AvgIpc) is 3.07. The normalized spacial score (nSPS) is 17.3. The number of aromatic hydroxyl groups is 1. The first kappa shape index (κ1) is 19.0. The lowest BCUT2D eigenvalue weighted by Crippen LogP contribution is -2.07. The van der Waals surface area contributed by atoms with E-state index in [2.05, 4.69) is 6.92 Å². The van der Waals surface area contributed by atoms with Gasteiger partial charge in [0.1, 0.15) is 18.5 Å². The molecule has 0 spiro atoms. The fraction of sp³-hybridized carbons (Fsp3) is 0.250. The first-order valence-electron chi connectivity index (χ1n) is 9.53. The number of hydrogen-bond acceptors (Lipinski definition) is 5. The highest BCUT2D eigenvalue weighted by molar-refractivity contribution is 5.55. The average molecular weight is 392 g/mol. The lowest BCUT2D eigenvalue weighted by molar-refractivity contribution is 0.213. The number of phenolic OH excluding ortho intramolecular Hbond substituents is 1. The topological polar surface area (TPSA) is 57.2 Å². The highest BCUT2D eigenvalue weighted by Crippen LogP contribution is 2.50. The number of ether oxygens (including phenoxy) is 4. The number of rotatable bonds is 6. The maximum atomic E-state index is 10.5. The molecule has 0 radical (unpaired) electrons. The number of phenols is 1. The van der Waals surface area contributed by atoms with Crippen LogP contribution in [0.4, 0.5) is 0 Å². The smallest absolute Gasteiger partial charge is 0.165 e. The summed E-state index contributed by atoms with van der Waals surface area (Å²) in [5.74, 6) is 2.64. The van der Waals surface area contributed by atoms with E-state index in [1.807, 2.05) is 48.5 Å². The van der Waals surface area contributed by atoms with Crippen molar-refractivity contribution in [2.75, 3.05) is 14.2 Å². The minimum absolute atomic E-state index is 0.0668. The summed E-state index contributed by atoms with van der Waals surface area (Å²) < 4.78 is 22.8. The van der Waals surface area contributed by atoms with Crippen LogP contribution in [-0.4, -0.2) is 19.3 Å². The Morgan fingerprint density at radius 3 is 2.38 bits per heavy atom. The number of hydrogen-bond donors (Lipinski definition) is 1. The first-order valence-corrected chi connectivity index (χ1v) is 9.53. The Balaban J connectivity index is 1.57. The van der Waals surface area contributed by atoms with E-state index in [1.54, 1.807) is 26.4 Å². The fourth-order valence-corrected chi connectivity index (χ4v) is 3.66. The van der Waals surface area contributed by atoms with Gasteiger partial charge in [-0.05, 0) is 29.3 Å². The summed E-state index contributed by atoms with van der Waals surface area (Å²) in [6, 6.07) is 19.1. The van der Waals surface area contributed by atoms with Gasteiger partial charge in [-0.1, -0.05) is 43.3 Å². The number of benzene rings is 3. The summed E-state index contributed by atoms with van der Waals surface area (Å²) in [7, 11) is 3.23. The van der Waals surface area contributed by atoms with Gasteiger partial charge < -0.3 is 24.1 Å². The highest BCUT2D eigenvalue weighted by atomic mass is 16.5. The van der Waals surface area contributed by atoms with Gasteiger partial charge in [-0.2, -0.15) is 0 Å². The molecule has 0 amide bonds. The molecule has 1 aliphatic rings. The van der Waals surface area contributed by atoms with E-state index in [9.17, 15) is 5.11 Å². The summed E-state index contributed by atoms with van der Waals surface area (Å²) >= 11 is 0. The Kier molecular flexibility index (Phi) is 5.21. The van der Waals surface area contributed by atoms with Gasteiger partial charge in [0.15, 0.2) is 23.0 Å². The van der Waals surface area contributed by atoms with Gasteiger partial charge >= 0.3 is 0 Å². The van der Waals surface area contributed by atoms with Gasteiger partial charge in [0, 0.05) is 17.5 Å². The van der Waals surface area contributed by atoms with Crippen LogP contribution in [0.1, 0.15) is 35.6 Å². The van der Waals surface area contributed by atoms with E-state index < -0.39 is 0 Å². The molecule has 1 aliphatic heterocycles. The molecule has 0 fully saturated rings. The zero-order valence-corrected chi connectivity index (χ0v) is 16.7. The minimum atomic E-state index is -0.187. The van der Waals surface area contributed by atoms with Crippen LogP contribution in [0.25, 0.3) is 0 Å². The Morgan fingerprint density at radius 2 is 1.66 bits per heavy atom. The largest absolute Gasteiger partial charge is 0.504 e. The van der Waals surface area contributed by atoms with Crippen molar-refractivity contribution < 1.29 is 24.1 Å². The molecule has 5 heteroatoms. The van der Waals surface area contributed by atoms with E-state index in [1.165, 1.54) is 0 Å². The molecule has 150 valence electrons. The quantitative estimate of drug-likeness (QED) is 0.623. The van der Waals surface area contributed by atoms with Crippen molar-refractivity contribution in [3.8, 4) is 28.7 Å². The van der Waals surface area contributed by atoms with Crippen LogP contribution in [0.2, 0.25) is 0 Å². The molecule has 0 aromatic heterocycles. The second kappa shape index (κ2) is 7.95. The summed E-state index contributed by atoms with van der Waals surface area (Å²) in [4.78, 5) is 0. The van der Waals surface area contributed by atoms with E-state index in [0.29, 0.717) is 23.9 Å². The van der Waals surface area contributed by atoms with Gasteiger partial charge in [-0.3, -0.25) is 0 Å². The third kappa shape index (κ3) is 3.68. The van der Waals surface area contributed by atoms with Crippen LogP contribution >= 0.6 is 0 Å². The highest BCUT2D eigenvalue weighted by Gasteiger charge is 2.34. The summed E-state index contributed by atoms with van der Waals surface area (Å²) in [5.41, 5.74) is 2.97. The van der Waals surface area contributed by atoms with E-state index in [0.717, 1.165) is 22.4 Å². The Labute approximate surface area is 170 Å². The van der Waals surface area contributed by atoms with Crippen LogP contribution in [-0.2, 0) is 6.61 Å². The van der Waals surface area contributed by atoms with Crippen molar-refractivity contribution >= 4 is 0 Å². The van der Waals surface area contributed by atoms with Gasteiger partial charge in [0.05, 0.1) is 14.2 Å². The molecule has 1 N–H and O–H groups in total. The van der Waals surface area contributed by atoms with Crippen LogP contribution in [0.3, 0.4) is 0 Å². The predicted molar refractivity (Wildman–Crippen MR) is 110 cm³/mol. The molecule has 0 saturated heterocycles. The van der Waals surface area contributed by atoms with Crippen LogP contribution in [0.15, 0.2) is 60.7 Å². The SMILES string of the molecule is COc1ccc([C@@H]2Oc3cc(OCc4ccccc4)c(O)cc3C2C)cc1OC. The van der Waals surface area contributed by atoms with Crippen molar-refractivity contribution in [3.63, 3.8) is 0 Å². The van der Waals surface area contributed by atoms with Crippen LogP contribution in [0.5, 0.6) is 28.7 Å². The van der Waals surface area contributed by atoms with E-state index >= 15 is 0 Å². The molecule has 1 unspecified atom stereocenters. The van der Waals surface area contributed by atoms with Crippen molar-refractivity contribution in [1.29, 1.82) is 0 Å². The molecule has 3 aromatic rings. The summed E-state index contributed by atoms with van der Waals surface area (Å²) in [6.45, 7) is 2.46. The fourth-order valence-electron chi connectivity index (χ4n) is 3.66. The van der Waals surface area contributed by atoms with Crippen LogP contribution in [0, 0.1) is 0 Å². The second-order valence-corrected chi connectivity index (χ2v) is 7.07. The maximum absolute atomic E-state index is 10.5. The van der Waals surface area contributed by atoms with Crippen molar-refractivity contribution in [2.45, 2.75) is 25.6 Å².